The van der Waals surface area contributed by atoms with Crippen molar-refractivity contribution in [3.05, 3.63) is 132 Å². The van der Waals surface area contributed by atoms with Crippen LogP contribution in [0.4, 0.5) is 5.82 Å². The van der Waals surface area contributed by atoms with E-state index in [2.05, 4.69) is 73.7 Å². The molecule has 0 atom stereocenters. The normalized spacial score (nSPS) is 11.7. The zero-order valence-corrected chi connectivity index (χ0v) is 40.2. The first-order valence-electron chi connectivity index (χ1n) is 23.1. The Hall–Kier alpha value is -6.97. The number of hydrogen-bond donors (Lipinski definition) is 4. The molecule has 0 aliphatic heterocycles. The maximum absolute atomic E-state index is 12.8. The topological polar surface area (TPSA) is 243 Å². The standard InChI is InChI=1S/C50H60N10O9S/c1-50(2,23-11-12-28-69-47-34-42(38-15-5-3-6-16-38)33-43(55-47)39-17-7-4-8-18-39)49-57-58-59-60(49)37-46(61)51-24-13-26-66-29-31-68-32-30-67-27-14-25-52-48(62)41-21-22-45(53-35-41)56-54-36-40-19-9-10-20-44(40)70(63,64)65/h3-10,15-22,33-36H,11-14,23-32,37H2,1-2H3,(H,51,61)(H,52,62)(H,53,56)(H,63,64,65)/b54-36-. The molecule has 0 bridgehead atoms. The van der Waals surface area contributed by atoms with Gasteiger partial charge in [-0.15, -0.1) is 5.10 Å². The minimum absolute atomic E-state index is 0.0152. The van der Waals surface area contributed by atoms with Crippen LogP contribution >= 0.6 is 0 Å². The number of anilines is 1. The second-order valence-electron chi connectivity index (χ2n) is 16.6. The van der Waals surface area contributed by atoms with Crippen LogP contribution in [0.25, 0.3) is 22.4 Å². The number of tetrazole rings is 1. The molecule has 0 saturated heterocycles. The van der Waals surface area contributed by atoms with Gasteiger partial charge in [0.05, 0.1) is 50.5 Å². The zero-order valence-electron chi connectivity index (χ0n) is 39.4. The Bertz CT molecular complexity index is 2630. The lowest BCUT2D eigenvalue weighted by atomic mass is 9.86. The summed E-state index contributed by atoms with van der Waals surface area (Å²) in [6, 6.07) is 33.4. The molecule has 70 heavy (non-hydrogen) atoms. The van der Waals surface area contributed by atoms with Gasteiger partial charge in [-0.25, -0.2) is 14.6 Å². The Morgan fingerprint density at radius 1 is 0.743 bits per heavy atom. The fraction of sp³-hybridized carbons (Fsp3) is 0.360. The van der Waals surface area contributed by atoms with Crippen molar-refractivity contribution in [2.75, 3.05) is 64.8 Å². The van der Waals surface area contributed by atoms with Gasteiger partial charge in [0.1, 0.15) is 17.3 Å². The van der Waals surface area contributed by atoms with Gasteiger partial charge in [0.25, 0.3) is 16.0 Å². The summed E-state index contributed by atoms with van der Waals surface area (Å²) in [5.74, 6) is 1.08. The molecule has 370 valence electrons. The van der Waals surface area contributed by atoms with E-state index in [1.807, 2.05) is 54.6 Å². The number of nitrogens with one attached hydrogen (secondary N) is 3. The Labute approximate surface area is 408 Å². The summed E-state index contributed by atoms with van der Waals surface area (Å²) in [5.41, 5.74) is 6.86. The largest absolute Gasteiger partial charge is 0.478 e. The molecule has 0 unspecified atom stereocenters. The first kappa shape index (κ1) is 52.4. The summed E-state index contributed by atoms with van der Waals surface area (Å²) in [5, 5.41) is 22.0. The summed E-state index contributed by atoms with van der Waals surface area (Å²) in [4.78, 5) is 34.0. The second kappa shape index (κ2) is 27.3. The van der Waals surface area contributed by atoms with Crippen molar-refractivity contribution in [1.29, 1.82) is 0 Å². The van der Waals surface area contributed by atoms with Crippen molar-refractivity contribution in [3.8, 4) is 28.3 Å². The quantitative estimate of drug-likeness (QED) is 0.0165. The van der Waals surface area contributed by atoms with Crippen molar-refractivity contribution < 1.29 is 41.5 Å². The number of hydrazone groups is 1. The molecule has 6 aromatic rings. The van der Waals surface area contributed by atoms with Crippen LogP contribution in [0.1, 0.15) is 67.7 Å². The van der Waals surface area contributed by atoms with Crippen LogP contribution in [0.5, 0.6) is 5.88 Å². The van der Waals surface area contributed by atoms with Gasteiger partial charge in [0.15, 0.2) is 5.82 Å². The molecule has 0 saturated carbocycles. The van der Waals surface area contributed by atoms with Crippen LogP contribution in [0.15, 0.2) is 125 Å². The number of hydrogen-bond acceptors (Lipinski definition) is 15. The Morgan fingerprint density at radius 2 is 1.40 bits per heavy atom. The van der Waals surface area contributed by atoms with E-state index in [1.165, 1.54) is 30.6 Å². The van der Waals surface area contributed by atoms with E-state index < -0.39 is 10.1 Å². The van der Waals surface area contributed by atoms with Gasteiger partial charge < -0.3 is 29.6 Å². The molecule has 19 nitrogen and oxygen atoms in total. The highest BCUT2D eigenvalue weighted by Crippen LogP contribution is 2.30. The summed E-state index contributed by atoms with van der Waals surface area (Å²) >= 11 is 0. The van der Waals surface area contributed by atoms with Gasteiger partial charge in [0, 0.05) is 55.1 Å². The molecule has 3 aromatic heterocycles. The lowest BCUT2D eigenvalue weighted by molar-refractivity contribution is -0.122. The molecule has 6 rings (SSSR count). The number of unbranched alkanes of at least 4 members (excludes halogenated alkanes) is 1. The van der Waals surface area contributed by atoms with Gasteiger partial charge in [-0.3, -0.25) is 19.6 Å². The predicted molar refractivity (Wildman–Crippen MR) is 264 cm³/mol. The molecule has 3 heterocycles. The number of aromatic nitrogens is 6. The van der Waals surface area contributed by atoms with E-state index in [0.717, 1.165) is 41.6 Å². The van der Waals surface area contributed by atoms with Crippen molar-refractivity contribution in [2.45, 2.75) is 62.8 Å². The van der Waals surface area contributed by atoms with Crippen LogP contribution in [-0.2, 0) is 41.1 Å². The van der Waals surface area contributed by atoms with E-state index >= 15 is 0 Å². The summed E-state index contributed by atoms with van der Waals surface area (Å²) in [7, 11) is -4.40. The van der Waals surface area contributed by atoms with E-state index in [4.69, 9.17) is 23.9 Å². The lowest BCUT2D eigenvalue weighted by Crippen LogP contribution is -2.32. The number of carbonyl (C=O) groups is 2. The highest BCUT2D eigenvalue weighted by molar-refractivity contribution is 7.86. The maximum atomic E-state index is 12.8. The number of pyridine rings is 2. The minimum atomic E-state index is -4.40. The number of ether oxygens (including phenoxy) is 4. The molecule has 0 radical (unpaired) electrons. The van der Waals surface area contributed by atoms with E-state index in [-0.39, 0.29) is 34.2 Å². The molecule has 20 heteroatoms. The van der Waals surface area contributed by atoms with Gasteiger partial charge >= 0.3 is 0 Å². The SMILES string of the molecule is CC(C)(CCCCOc1cc(-c2ccccc2)cc(-c2ccccc2)n1)c1nnnn1CC(=O)NCCCOCCOCCOCCCNC(=O)c1ccc(N/N=C\c2ccccc2S(=O)(=O)O)nc1. The van der Waals surface area contributed by atoms with Crippen LogP contribution < -0.4 is 20.8 Å². The first-order valence-corrected chi connectivity index (χ1v) is 24.5. The maximum Gasteiger partial charge on any atom is 0.295 e. The number of carbonyl (C=O) groups excluding carboxylic acids is 2. The van der Waals surface area contributed by atoms with Crippen LogP contribution in [0.2, 0.25) is 0 Å². The summed E-state index contributed by atoms with van der Waals surface area (Å²) in [6.07, 6.45) is 6.33. The molecule has 4 N–H and O–H groups in total. The van der Waals surface area contributed by atoms with E-state index in [0.29, 0.717) is 95.3 Å². The third kappa shape index (κ3) is 17.2. The highest BCUT2D eigenvalue weighted by atomic mass is 32.2. The molecule has 2 amide bonds. The predicted octanol–water partition coefficient (Wildman–Crippen LogP) is 6.39. The van der Waals surface area contributed by atoms with Crippen LogP contribution in [-0.4, -0.2) is 121 Å². The number of rotatable bonds is 30. The Kier molecular flexibility index (Phi) is 20.4. The van der Waals surface area contributed by atoms with E-state index in [1.54, 1.807) is 22.9 Å². The molecular weight excluding hydrogens is 917 g/mol. The molecule has 3 aromatic carbocycles. The van der Waals surface area contributed by atoms with Gasteiger partial charge in [0.2, 0.25) is 11.8 Å². The van der Waals surface area contributed by atoms with E-state index in [9.17, 15) is 22.6 Å². The smallest absolute Gasteiger partial charge is 0.295 e. The fourth-order valence-electron chi connectivity index (χ4n) is 7.09. The third-order valence-corrected chi connectivity index (χ3v) is 11.7. The second-order valence-corrected chi connectivity index (χ2v) is 18.0. The average molecular weight is 977 g/mol. The number of amides is 2. The fourth-order valence-corrected chi connectivity index (χ4v) is 7.75. The Morgan fingerprint density at radius 3 is 2.09 bits per heavy atom. The Balaban J connectivity index is 0.759. The molecule has 0 aliphatic rings. The summed E-state index contributed by atoms with van der Waals surface area (Å²) in [6.45, 7) is 8.05. The number of nitrogens with zero attached hydrogens (tertiary/aromatic N) is 7. The van der Waals surface area contributed by atoms with Gasteiger partial charge in [-0.2, -0.15) is 13.5 Å². The van der Waals surface area contributed by atoms with Crippen molar-refractivity contribution in [3.63, 3.8) is 0 Å². The lowest BCUT2D eigenvalue weighted by Gasteiger charge is -2.23. The van der Waals surface area contributed by atoms with Crippen molar-refractivity contribution >= 4 is 34.0 Å². The van der Waals surface area contributed by atoms with Crippen molar-refractivity contribution in [1.82, 2.24) is 40.8 Å². The third-order valence-electron chi connectivity index (χ3n) is 10.7. The molecule has 0 aliphatic carbocycles. The zero-order chi connectivity index (χ0) is 49.4. The molecular formula is C50H60N10O9S. The minimum Gasteiger partial charge on any atom is -0.478 e. The number of benzene rings is 3. The van der Waals surface area contributed by atoms with Crippen LogP contribution in [0.3, 0.4) is 0 Å². The van der Waals surface area contributed by atoms with Gasteiger partial charge in [-0.05, 0) is 77.9 Å². The average Bonchev–Trinajstić information content (AvgIpc) is 3.84. The van der Waals surface area contributed by atoms with Crippen LogP contribution in [0, 0.1) is 0 Å². The molecule has 0 fully saturated rings. The van der Waals surface area contributed by atoms with Gasteiger partial charge in [-0.1, -0.05) is 92.7 Å². The highest BCUT2D eigenvalue weighted by Gasteiger charge is 2.28. The summed E-state index contributed by atoms with van der Waals surface area (Å²) < 4.78 is 57.0. The molecule has 0 spiro atoms. The monoisotopic (exact) mass is 976 g/mol. The van der Waals surface area contributed by atoms with Crippen molar-refractivity contribution in [2.24, 2.45) is 5.10 Å². The first-order chi connectivity index (χ1) is 34.0.